The Hall–Kier alpha value is -2.00. The van der Waals surface area contributed by atoms with Gasteiger partial charge < -0.3 is 15.2 Å². The molecule has 0 fully saturated rings. The molecular weight excluding hydrogens is 250 g/mol. The molecule has 0 aromatic heterocycles. The third kappa shape index (κ3) is 3.75. The van der Waals surface area contributed by atoms with Crippen LogP contribution in [-0.2, 0) is 0 Å². The number of hydrogen-bond acceptors (Lipinski definition) is 3. The molecule has 0 spiro atoms. The van der Waals surface area contributed by atoms with E-state index in [9.17, 15) is 0 Å². The van der Waals surface area contributed by atoms with E-state index in [4.69, 9.17) is 15.2 Å². The van der Waals surface area contributed by atoms with E-state index in [-0.39, 0.29) is 0 Å². The van der Waals surface area contributed by atoms with Gasteiger partial charge in [-0.25, -0.2) is 0 Å². The zero-order chi connectivity index (χ0) is 14.2. The average molecular weight is 271 g/mol. The molecule has 2 N–H and O–H groups in total. The lowest BCUT2D eigenvalue weighted by Crippen LogP contribution is -2.15. The van der Waals surface area contributed by atoms with Crippen molar-refractivity contribution in [1.82, 2.24) is 0 Å². The van der Waals surface area contributed by atoms with Gasteiger partial charge in [0, 0.05) is 0 Å². The maximum Gasteiger partial charge on any atom is 0.161 e. The van der Waals surface area contributed by atoms with E-state index in [1.807, 2.05) is 42.5 Å². The molecule has 2 aromatic carbocycles. The van der Waals surface area contributed by atoms with Crippen molar-refractivity contribution in [2.75, 3.05) is 20.3 Å². The van der Waals surface area contributed by atoms with E-state index in [1.165, 1.54) is 5.56 Å². The lowest BCUT2D eigenvalue weighted by Gasteiger charge is -2.16. The molecule has 2 rings (SSSR count). The normalized spacial score (nSPS) is 11.9. The van der Waals surface area contributed by atoms with Gasteiger partial charge in [-0.05, 0) is 36.6 Å². The summed E-state index contributed by atoms with van der Waals surface area (Å²) in [5, 5.41) is 0. The Kier molecular flexibility index (Phi) is 5.44. The lowest BCUT2D eigenvalue weighted by molar-refractivity contribution is 0.280. The Morgan fingerprint density at radius 1 is 0.950 bits per heavy atom. The van der Waals surface area contributed by atoms with Crippen LogP contribution in [0.1, 0.15) is 17.9 Å². The zero-order valence-corrected chi connectivity index (χ0v) is 11.8. The minimum atomic E-state index is 0.325. The Morgan fingerprint density at radius 3 is 2.25 bits per heavy atom. The summed E-state index contributed by atoms with van der Waals surface area (Å²) in [6.45, 7) is 1.25. The highest BCUT2D eigenvalue weighted by Crippen LogP contribution is 2.26. The molecule has 0 saturated heterocycles. The summed E-state index contributed by atoms with van der Waals surface area (Å²) in [4.78, 5) is 0. The Labute approximate surface area is 120 Å². The van der Waals surface area contributed by atoms with Gasteiger partial charge >= 0.3 is 0 Å². The first-order valence-corrected chi connectivity index (χ1v) is 6.86. The van der Waals surface area contributed by atoms with Crippen LogP contribution in [0.25, 0.3) is 0 Å². The van der Waals surface area contributed by atoms with Crippen molar-refractivity contribution in [3.8, 4) is 11.5 Å². The molecule has 3 nitrogen and oxygen atoms in total. The standard InChI is InChI=1S/C17H21NO2/c1-19-16-9-5-6-10-17(16)20-12-11-15(13-18)14-7-3-2-4-8-14/h2-10,15H,11-13,18H2,1H3. The van der Waals surface area contributed by atoms with Crippen LogP contribution in [-0.4, -0.2) is 20.3 Å². The number of ether oxygens (including phenoxy) is 2. The van der Waals surface area contributed by atoms with E-state index in [1.54, 1.807) is 7.11 Å². The van der Waals surface area contributed by atoms with Gasteiger partial charge in [-0.15, -0.1) is 0 Å². The Balaban J connectivity index is 1.91. The van der Waals surface area contributed by atoms with Gasteiger partial charge in [0.2, 0.25) is 0 Å². The number of benzene rings is 2. The highest BCUT2D eigenvalue weighted by Gasteiger charge is 2.10. The summed E-state index contributed by atoms with van der Waals surface area (Å²) in [5.41, 5.74) is 7.12. The van der Waals surface area contributed by atoms with Crippen molar-refractivity contribution in [3.63, 3.8) is 0 Å². The third-order valence-electron chi connectivity index (χ3n) is 3.35. The summed E-state index contributed by atoms with van der Waals surface area (Å²) < 4.78 is 11.1. The Bertz CT molecular complexity index is 513. The summed E-state index contributed by atoms with van der Waals surface area (Å²) in [6, 6.07) is 18.0. The monoisotopic (exact) mass is 271 g/mol. The molecule has 0 heterocycles. The highest BCUT2D eigenvalue weighted by molar-refractivity contribution is 5.39. The molecule has 1 atom stereocenters. The van der Waals surface area contributed by atoms with Crippen LogP contribution in [0.3, 0.4) is 0 Å². The maximum atomic E-state index is 5.86. The van der Waals surface area contributed by atoms with Gasteiger partial charge in [0.25, 0.3) is 0 Å². The molecule has 0 aliphatic heterocycles. The van der Waals surface area contributed by atoms with Crippen LogP contribution >= 0.6 is 0 Å². The number of nitrogens with two attached hydrogens (primary N) is 1. The molecule has 0 amide bonds. The second-order valence-electron chi connectivity index (χ2n) is 4.63. The number of rotatable bonds is 7. The predicted molar refractivity (Wildman–Crippen MR) is 81.3 cm³/mol. The van der Waals surface area contributed by atoms with Crippen molar-refractivity contribution < 1.29 is 9.47 Å². The smallest absolute Gasteiger partial charge is 0.161 e. The fourth-order valence-electron chi connectivity index (χ4n) is 2.19. The quantitative estimate of drug-likeness (QED) is 0.841. The molecular formula is C17H21NO2. The second kappa shape index (κ2) is 7.56. The van der Waals surface area contributed by atoms with Crippen LogP contribution in [0.2, 0.25) is 0 Å². The van der Waals surface area contributed by atoms with Crippen LogP contribution < -0.4 is 15.2 Å². The molecule has 0 saturated carbocycles. The van der Waals surface area contributed by atoms with Gasteiger partial charge in [0.05, 0.1) is 13.7 Å². The predicted octanol–water partition coefficient (Wildman–Crippen LogP) is 3.21. The van der Waals surface area contributed by atoms with Crippen molar-refractivity contribution in [2.45, 2.75) is 12.3 Å². The highest BCUT2D eigenvalue weighted by atomic mass is 16.5. The minimum Gasteiger partial charge on any atom is -0.493 e. The summed E-state index contributed by atoms with van der Waals surface area (Å²) in [5.74, 6) is 1.86. The van der Waals surface area contributed by atoms with Crippen molar-refractivity contribution in [3.05, 3.63) is 60.2 Å². The lowest BCUT2D eigenvalue weighted by atomic mass is 9.96. The molecule has 106 valence electrons. The fraction of sp³-hybridized carbons (Fsp3) is 0.294. The van der Waals surface area contributed by atoms with Crippen molar-refractivity contribution in [2.24, 2.45) is 5.73 Å². The van der Waals surface area contributed by atoms with Crippen molar-refractivity contribution in [1.29, 1.82) is 0 Å². The maximum absolute atomic E-state index is 5.86. The summed E-state index contributed by atoms with van der Waals surface area (Å²) >= 11 is 0. The van der Waals surface area contributed by atoms with Crippen LogP contribution in [0.4, 0.5) is 0 Å². The Morgan fingerprint density at radius 2 is 1.60 bits per heavy atom. The molecule has 3 heteroatoms. The van der Waals surface area contributed by atoms with Gasteiger partial charge in [0.1, 0.15) is 0 Å². The zero-order valence-electron chi connectivity index (χ0n) is 11.8. The van der Waals surface area contributed by atoms with Gasteiger partial charge in [0.15, 0.2) is 11.5 Å². The van der Waals surface area contributed by atoms with E-state index < -0.39 is 0 Å². The molecule has 0 aliphatic rings. The van der Waals surface area contributed by atoms with Gasteiger partial charge in [-0.2, -0.15) is 0 Å². The largest absolute Gasteiger partial charge is 0.493 e. The molecule has 1 unspecified atom stereocenters. The first-order chi connectivity index (χ1) is 9.85. The van der Waals surface area contributed by atoms with Crippen LogP contribution in [0.15, 0.2) is 54.6 Å². The average Bonchev–Trinajstić information content (AvgIpc) is 2.53. The molecule has 0 bridgehead atoms. The van der Waals surface area contributed by atoms with Crippen LogP contribution in [0, 0.1) is 0 Å². The first kappa shape index (κ1) is 14.4. The second-order valence-corrected chi connectivity index (χ2v) is 4.63. The van der Waals surface area contributed by atoms with E-state index >= 15 is 0 Å². The van der Waals surface area contributed by atoms with E-state index in [0.717, 1.165) is 17.9 Å². The van der Waals surface area contributed by atoms with Crippen molar-refractivity contribution >= 4 is 0 Å². The number of para-hydroxylation sites is 2. The molecule has 0 radical (unpaired) electrons. The number of hydrogen-bond donors (Lipinski definition) is 1. The minimum absolute atomic E-state index is 0.325. The fourth-order valence-corrected chi connectivity index (χ4v) is 2.19. The van der Waals surface area contributed by atoms with Gasteiger partial charge in [-0.1, -0.05) is 42.5 Å². The molecule has 0 aliphatic carbocycles. The first-order valence-electron chi connectivity index (χ1n) is 6.86. The summed E-state index contributed by atoms with van der Waals surface area (Å²) in [6.07, 6.45) is 0.887. The SMILES string of the molecule is COc1ccccc1OCCC(CN)c1ccccc1. The topological polar surface area (TPSA) is 44.5 Å². The van der Waals surface area contributed by atoms with Crippen LogP contribution in [0.5, 0.6) is 11.5 Å². The van der Waals surface area contributed by atoms with Gasteiger partial charge in [-0.3, -0.25) is 0 Å². The molecule has 20 heavy (non-hydrogen) atoms. The summed E-state index contributed by atoms with van der Waals surface area (Å²) in [7, 11) is 1.65. The van der Waals surface area contributed by atoms with E-state index in [2.05, 4.69) is 12.1 Å². The molecule has 2 aromatic rings. The third-order valence-corrected chi connectivity index (χ3v) is 3.35. The number of methoxy groups -OCH3 is 1. The van der Waals surface area contributed by atoms with E-state index in [0.29, 0.717) is 19.1 Å².